The van der Waals surface area contributed by atoms with Crippen LogP contribution in [0, 0.1) is 0 Å². The van der Waals surface area contributed by atoms with Crippen molar-refractivity contribution in [1.82, 2.24) is 9.62 Å². The molecular weight excluding hydrogens is 228 g/mol. The maximum absolute atomic E-state index is 12.1. The average Bonchev–Trinajstić information content (AvgIpc) is 2.17. The van der Waals surface area contributed by atoms with E-state index in [1.165, 1.54) is 13.8 Å². The molecule has 2 saturated heterocycles. The van der Waals surface area contributed by atoms with Crippen molar-refractivity contribution in [1.29, 1.82) is 0 Å². The fourth-order valence-corrected chi connectivity index (χ4v) is 4.20. The number of sulfonamides is 1. The Labute approximate surface area is 96.2 Å². The van der Waals surface area contributed by atoms with Crippen LogP contribution in [0.15, 0.2) is 0 Å². The van der Waals surface area contributed by atoms with E-state index in [-0.39, 0.29) is 5.91 Å². The zero-order valence-corrected chi connectivity index (χ0v) is 10.7. The van der Waals surface area contributed by atoms with Crippen LogP contribution in [-0.4, -0.2) is 42.0 Å². The van der Waals surface area contributed by atoms with E-state index >= 15 is 0 Å². The van der Waals surface area contributed by atoms with Crippen LogP contribution < -0.4 is 5.32 Å². The molecule has 5 nitrogen and oxygen atoms in total. The number of carbonyl (C=O) groups is 1. The number of hydrogen-bond acceptors (Lipinski definition) is 4. The summed E-state index contributed by atoms with van der Waals surface area (Å²) in [6.45, 7) is 6.34. The molecule has 16 heavy (non-hydrogen) atoms. The summed E-state index contributed by atoms with van der Waals surface area (Å²) in [5, 5.41) is 3.17. The lowest BCUT2D eigenvalue weighted by Crippen LogP contribution is -2.74. The predicted octanol–water partition coefficient (Wildman–Crippen LogP) is 0.0791. The van der Waals surface area contributed by atoms with Crippen molar-refractivity contribution in [2.24, 2.45) is 0 Å². The number of piperidine rings is 1. The summed E-state index contributed by atoms with van der Waals surface area (Å²) in [7, 11) is -3.45. The van der Waals surface area contributed by atoms with Gasteiger partial charge < -0.3 is 5.32 Å². The molecule has 0 unspecified atom stereocenters. The largest absolute Gasteiger partial charge is 0.317 e. The summed E-state index contributed by atoms with van der Waals surface area (Å²) in [5.41, 5.74) is -0.531. The second-order valence-electron chi connectivity index (χ2n) is 5.33. The Morgan fingerprint density at radius 1 is 1.19 bits per heavy atom. The van der Waals surface area contributed by atoms with Crippen molar-refractivity contribution in [3.05, 3.63) is 0 Å². The first kappa shape index (κ1) is 11.9. The number of hydrogen-bond donors (Lipinski definition) is 1. The molecule has 2 fully saturated rings. The summed E-state index contributed by atoms with van der Waals surface area (Å²) in [5.74, 6) is -0.267. The van der Waals surface area contributed by atoms with Gasteiger partial charge in [0.1, 0.15) is 0 Å². The zero-order valence-electron chi connectivity index (χ0n) is 9.91. The molecule has 6 heteroatoms. The second-order valence-corrected chi connectivity index (χ2v) is 7.67. The Balaban J connectivity index is 2.34. The van der Waals surface area contributed by atoms with E-state index in [0.29, 0.717) is 12.8 Å². The van der Waals surface area contributed by atoms with Gasteiger partial charge in [-0.05, 0) is 46.7 Å². The van der Waals surface area contributed by atoms with Crippen LogP contribution in [-0.2, 0) is 14.8 Å². The van der Waals surface area contributed by atoms with Gasteiger partial charge in [-0.3, -0.25) is 4.79 Å². The Kier molecular flexibility index (Phi) is 2.37. The standard InChI is InChI=1S/C10H18N2O3S/c1-9(2)8(13)12(16(9,14)15)10(3)4-6-11-7-5-10/h11H,4-7H2,1-3H3. The van der Waals surface area contributed by atoms with Crippen LogP contribution >= 0.6 is 0 Å². The van der Waals surface area contributed by atoms with Crippen LogP contribution in [0.3, 0.4) is 0 Å². The molecule has 92 valence electrons. The van der Waals surface area contributed by atoms with Gasteiger partial charge in [0.25, 0.3) is 15.9 Å². The van der Waals surface area contributed by atoms with Crippen LogP contribution in [0.1, 0.15) is 33.6 Å². The Hall–Kier alpha value is -0.620. The molecule has 0 saturated carbocycles. The van der Waals surface area contributed by atoms with Crippen LogP contribution in [0.5, 0.6) is 0 Å². The van der Waals surface area contributed by atoms with Gasteiger partial charge in [-0.25, -0.2) is 12.7 Å². The maximum atomic E-state index is 12.1. The lowest BCUT2D eigenvalue weighted by molar-refractivity contribution is -0.137. The monoisotopic (exact) mass is 246 g/mol. The number of carbonyl (C=O) groups excluding carboxylic acids is 1. The van der Waals surface area contributed by atoms with Gasteiger partial charge in [-0.15, -0.1) is 0 Å². The van der Waals surface area contributed by atoms with E-state index in [1.54, 1.807) is 0 Å². The molecule has 1 amide bonds. The molecule has 2 rings (SSSR count). The van der Waals surface area contributed by atoms with Crippen molar-refractivity contribution < 1.29 is 13.2 Å². The highest BCUT2D eigenvalue weighted by Gasteiger charge is 2.65. The molecule has 2 aliphatic rings. The first-order valence-corrected chi connectivity index (χ1v) is 6.98. The number of rotatable bonds is 1. The Morgan fingerprint density at radius 3 is 2.12 bits per heavy atom. The number of nitrogens with zero attached hydrogens (tertiary/aromatic N) is 1. The average molecular weight is 246 g/mol. The first-order chi connectivity index (χ1) is 7.23. The third kappa shape index (κ3) is 1.26. The fraction of sp³-hybridized carbons (Fsp3) is 0.900. The van der Waals surface area contributed by atoms with Gasteiger partial charge >= 0.3 is 0 Å². The SMILES string of the molecule is CC1(N2C(=O)C(C)(C)S2(=O)=O)CCNCC1. The third-order valence-electron chi connectivity index (χ3n) is 3.76. The molecule has 2 heterocycles. The van der Waals surface area contributed by atoms with Crippen LogP contribution in [0.2, 0.25) is 0 Å². The topological polar surface area (TPSA) is 66.5 Å². The highest BCUT2D eigenvalue weighted by molar-refractivity contribution is 7.94. The van der Waals surface area contributed by atoms with E-state index < -0.39 is 20.3 Å². The third-order valence-corrected chi connectivity index (χ3v) is 6.31. The predicted molar refractivity (Wildman–Crippen MR) is 60.4 cm³/mol. The lowest BCUT2D eigenvalue weighted by atomic mass is 9.89. The molecule has 0 bridgehead atoms. The molecule has 2 aliphatic heterocycles. The Bertz CT molecular complexity index is 421. The fourth-order valence-electron chi connectivity index (χ4n) is 2.36. The lowest BCUT2D eigenvalue weighted by Gasteiger charge is -2.53. The van der Waals surface area contributed by atoms with Gasteiger partial charge in [-0.2, -0.15) is 0 Å². The molecule has 0 atom stereocenters. The normalized spacial score (nSPS) is 30.9. The van der Waals surface area contributed by atoms with Crippen molar-refractivity contribution >= 4 is 15.9 Å². The summed E-state index contributed by atoms with van der Waals surface area (Å²) in [6.07, 6.45) is 1.38. The smallest absolute Gasteiger partial charge is 0.259 e. The van der Waals surface area contributed by atoms with E-state index in [9.17, 15) is 13.2 Å². The van der Waals surface area contributed by atoms with Gasteiger partial charge in [-0.1, -0.05) is 0 Å². The minimum absolute atomic E-state index is 0.267. The van der Waals surface area contributed by atoms with Crippen molar-refractivity contribution in [3.8, 4) is 0 Å². The zero-order chi connectivity index (χ0) is 12.2. The summed E-state index contributed by atoms with van der Waals surface area (Å²) < 4.78 is 24.0. The molecule has 0 aliphatic carbocycles. The van der Waals surface area contributed by atoms with Crippen LogP contribution in [0.25, 0.3) is 0 Å². The minimum atomic E-state index is -3.45. The highest BCUT2D eigenvalue weighted by atomic mass is 32.2. The maximum Gasteiger partial charge on any atom is 0.259 e. The minimum Gasteiger partial charge on any atom is -0.317 e. The van der Waals surface area contributed by atoms with E-state index in [1.807, 2.05) is 6.92 Å². The molecule has 0 aromatic rings. The summed E-state index contributed by atoms with van der Waals surface area (Å²) in [6, 6.07) is 0. The molecule has 0 spiro atoms. The Morgan fingerprint density at radius 2 is 1.69 bits per heavy atom. The van der Waals surface area contributed by atoms with Gasteiger partial charge in [0.15, 0.2) is 4.75 Å². The molecule has 0 radical (unpaired) electrons. The van der Waals surface area contributed by atoms with E-state index in [0.717, 1.165) is 17.4 Å². The van der Waals surface area contributed by atoms with Crippen LogP contribution in [0.4, 0.5) is 0 Å². The second kappa shape index (κ2) is 3.20. The van der Waals surface area contributed by atoms with E-state index in [2.05, 4.69) is 5.32 Å². The molecule has 0 aromatic heterocycles. The molecule has 0 aromatic carbocycles. The van der Waals surface area contributed by atoms with Gasteiger partial charge in [0.2, 0.25) is 0 Å². The van der Waals surface area contributed by atoms with Gasteiger partial charge in [0.05, 0.1) is 5.54 Å². The molecular formula is C10H18N2O3S. The highest BCUT2D eigenvalue weighted by Crippen LogP contribution is 2.43. The van der Waals surface area contributed by atoms with Crippen molar-refractivity contribution in [3.63, 3.8) is 0 Å². The number of amides is 1. The van der Waals surface area contributed by atoms with E-state index in [4.69, 9.17) is 0 Å². The quantitative estimate of drug-likeness (QED) is 0.711. The number of nitrogens with one attached hydrogen (secondary N) is 1. The molecule has 1 N–H and O–H groups in total. The van der Waals surface area contributed by atoms with Crippen molar-refractivity contribution in [2.75, 3.05) is 13.1 Å². The first-order valence-electron chi connectivity index (χ1n) is 5.54. The van der Waals surface area contributed by atoms with Crippen molar-refractivity contribution in [2.45, 2.75) is 43.9 Å². The summed E-state index contributed by atoms with van der Waals surface area (Å²) in [4.78, 5) is 11.9. The van der Waals surface area contributed by atoms with Gasteiger partial charge in [0, 0.05) is 0 Å². The summed E-state index contributed by atoms with van der Waals surface area (Å²) >= 11 is 0.